The van der Waals surface area contributed by atoms with Gasteiger partial charge >= 0.3 is 0 Å². The standard InChI is InChI=1S/C19H20N4OS/c1-3-22(16-10-6-4-7-11-16)18(24)14-25-19-21-20-15(2)23(19)17-12-8-5-9-13-17/h4-13H,3,14H2,1-2H3. The Morgan fingerprint density at radius 3 is 2.32 bits per heavy atom. The molecule has 5 nitrogen and oxygen atoms in total. The first-order valence-electron chi connectivity index (χ1n) is 8.16. The molecular formula is C19H20N4OS. The molecule has 0 aliphatic heterocycles. The van der Waals surface area contributed by atoms with Crippen LogP contribution in [0.3, 0.4) is 0 Å². The summed E-state index contributed by atoms with van der Waals surface area (Å²) in [6, 6.07) is 19.6. The lowest BCUT2D eigenvalue weighted by atomic mass is 10.3. The van der Waals surface area contributed by atoms with Crippen LogP contribution < -0.4 is 4.90 Å². The van der Waals surface area contributed by atoms with Crippen LogP contribution in [0.4, 0.5) is 5.69 Å². The molecule has 6 heteroatoms. The molecule has 0 atom stereocenters. The number of nitrogens with zero attached hydrogens (tertiary/aromatic N) is 4. The Balaban J connectivity index is 1.75. The quantitative estimate of drug-likeness (QED) is 0.635. The number of carbonyl (C=O) groups is 1. The zero-order chi connectivity index (χ0) is 17.6. The van der Waals surface area contributed by atoms with E-state index in [9.17, 15) is 4.79 Å². The van der Waals surface area contributed by atoms with Gasteiger partial charge in [0.2, 0.25) is 5.91 Å². The number of carbonyl (C=O) groups excluding carboxylic acids is 1. The van der Waals surface area contributed by atoms with Crippen molar-refractivity contribution in [3.05, 3.63) is 66.5 Å². The summed E-state index contributed by atoms with van der Waals surface area (Å²) in [6.45, 7) is 4.52. The van der Waals surface area contributed by atoms with Crippen molar-refractivity contribution in [2.45, 2.75) is 19.0 Å². The maximum atomic E-state index is 12.7. The van der Waals surface area contributed by atoms with Crippen LogP contribution in [0.1, 0.15) is 12.7 Å². The predicted molar refractivity (Wildman–Crippen MR) is 101 cm³/mol. The van der Waals surface area contributed by atoms with Crippen LogP contribution in [0.15, 0.2) is 65.8 Å². The first kappa shape index (κ1) is 17.2. The highest BCUT2D eigenvalue weighted by Crippen LogP contribution is 2.23. The van der Waals surface area contributed by atoms with Crippen LogP contribution >= 0.6 is 11.8 Å². The molecule has 0 bridgehead atoms. The van der Waals surface area contributed by atoms with Crippen molar-refractivity contribution >= 4 is 23.4 Å². The van der Waals surface area contributed by atoms with Gasteiger partial charge < -0.3 is 4.90 Å². The van der Waals surface area contributed by atoms with Crippen molar-refractivity contribution in [1.29, 1.82) is 0 Å². The highest BCUT2D eigenvalue weighted by atomic mass is 32.2. The van der Waals surface area contributed by atoms with Crippen molar-refractivity contribution in [2.24, 2.45) is 0 Å². The van der Waals surface area contributed by atoms with E-state index in [-0.39, 0.29) is 5.91 Å². The van der Waals surface area contributed by atoms with Gasteiger partial charge in [-0.25, -0.2) is 0 Å². The third kappa shape index (κ3) is 3.91. The molecule has 128 valence electrons. The fourth-order valence-electron chi connectivity index (χ4n) is 2.63. The molecule has 0 aliphatic carbocycles. The summed E-state index contributed by atoms with van der Waals surface area (Å²) in [5.74, 6) is 1.17. The summed E-state index contributed by atoms with van der Waals surface area (Å²) in [6.07, 6.45) is 0. The van der Waals surface area contributed by atoms with Crippen molar-refractivity contribution in [1.82, 2.24) is 14.8 Å². The average Bonchev–Trinajstić information content (AvgIpc) is 3.03. The second-order valence-electron chi connectivity index (χ2n) is 5.46. The molecule has 0 radical (unpaired) electrons. The summed E-state index contributed by atoms with van der Waals surface area (Å²) >= 11 is 1.41. The first-order chi connectivity index (χ1) is 12.2. The second kappa shape index (κ2) is 7.98. The summed E-state index contributed by atoms with van der Waals surface area (Å²) in [4.78, 5) is 14.4. The Morgan fingerprint density at radius 2 is 1.68 bits per heavy atom. The summed E-state index contributed by atoms with van der Waals surface area (Å²) in [5, 5.41) is 9.11. The lowest BCUT2D eigenvalue weighted by Gasteiger charge is -2.20. The van der Waals surface area contributed by atoms with Gasteiger partial charge in [-0.05, 0) is 38.1 Å². The normalized spacial score (nSPS) is 10.6. The number of para-hydroxylation sites is 2. The fraction of sp³-hybridized carbons (Fsp3) is 0.211. The third-order valence-electron chi connectivity index (χ3n) is 3.82. The summed E-state index contributed by atoms with van der Waals surface area (Å²) in [5.41, 5.74) is 1.91. The van der Waals surface area contributed by atoms with Gasteiger partial charge in [-0.3, -0.25) is 9.36 Å². The van der Waals surface area contributed by atoms with Crippen molar-refractivity contribution < 1.29 is 4.79 Å². The van der Waals surface area contributed by atoms with Gasteiger partial charge in [0, 0.05) is 17.9 Å². The van der Waals surface area contributed by atoms with E-state index in [2.05, 4.69) is 10.2 Å². The van der Waals surface area contributed by atoms with Gasteiger partial charge in [-0.1, -0.05) is 48.2 Å². The maximum Gasteiger partial charge on any atom is 0.237 e. The van der Waals surface area contributed by atoms with E-state index < -0.39 is 0 Å². The molecule has 0 fully saturated rings. The molecule has 2 aromatic carbocycles. The molecule has 1 aromatic heterocycles. The number of amides is 1. The molecule has 0 saturated heterocycles. The van der Waals surface area contributed by atoms with Crippen LogP contribution in [-0.2, 0) is 4.79 Å². The highest BCUT2D eigenvalue weighted by Gasteiger charge is 2.17. The Labute approximate surface area is 151 Å². The van der Waals surface area contributed by atoms with E-state index in [4.69, 9.17) is 0 Å². The second-order valence-corrected chi connectivity index (χ2v) is 6.41. The fourth-order valence-corrected chi connectivity index (χ4v) is 3.50. The Bertz CT molecular complexity index is 833. The molecule has 0 unspecified atom stereocenters. The maximum absolute atomic E-state index is 12.7. The Kier molecular flexibility index (Phi) is 5.50. The number of aromatic nitrogens is 3. The number of hydrogen-bond acceptors (Lipinski definition) is 4. The third-order valence-corrected chi connectivity index (χ3v) is 4.73. The number of hydrogen-bond donors (Lipinski definition) is 0. The molecule has 1 heterocycles. The molecular weight excluding hydrogens is 332 g/mol. The van der Waals surface area contributed by atoms with Crippen LogP contribution in [0, 0.1) is 6.92 Å². The largest absolute Gasteiger partial charge is 0.312 e. The van der Waals surface area contributed by atoms with E-state index in [0.717, 1.165) is 22.4 Å². The Hall–Kier alpha value is -2.60. The molecule has 0 saturated carbocycles. The lowest BCUT2D eigenvalue weighted by molar-refractivity contribution is -0.116. The first-order valence-corrected chi connectivity index (χ1v) is 9.15. The summed E-state index contributed by atoms with van der Waals surface area (Å²) in [7, 11) is 0. The number of anilines is 1. The van der Waals surface area contributed by atoms with Gasteiger partial charge in [-0.15, -0.1) is 10.2 Å². The van der Waals surface area contributed by atoms with E-state index >= 15 is 0 Å². The van der Waals surface area contributed by atoms with Gasteiger partial charge in [0.15, 0.2) is 5.16 Å². The Morgan fingerprint density at radius 1 is 1.04 bits per heavy atom. The number of rotatable bonds is 6. The summed E-state index contributed by atoms with van der Waals surface area (Å²) < 4.78 is 1.97. The zero-order valence-corrected chi connectivity index (χ0v) is 15.1. The molecule has 25 heavy (non-hydrogen) atoms. The molecule has 3 rings (SSSR count). The highest BCUT2D eigenvalue weighted by molar-refractivity contribution is 7.99. The van der Waals surface area contributed by atoms with Crippen LogP contribution in [0.5, 0.6) is 0 Å². The van der Waals surface area contributed by atoms with E-state index in [0.29, 0.717) is 12.3 Å². The predicted octanol–water partition coefficient (Wildman–Crippen LogP) is 3.72. The zero-order valence-electron chi connectivity index (χ0n) is 14.3. The topological polar surface area (TPSA) is 51.0 Å². The SMILES string of the molecule is CCN(C(=O)CSc1nnc(C)n1-c1ccccc1)c1ccccc1. The minimum atomic E-state index is 0.0546. The number of benzene rings is 2. The van der Waals surface area contributed by atoms with Gasteiger partial charge in [0.05, 0.1) is 5.75 Å². The van der Waals surface area contributed by atoms with Gasteiger partial charge in [0.25, 0.3) is 0 Å². The van der Waals surface area contributed by atoms with Gasteiger partial charge in [-0.2, -0.15) is 0 Å². The molecule has 1 amide bonds. The number of aryl methyl sites for hydroxylation is 1. The lowest BCUT2D eigenvalue weighted by Crippen LogP contribution is -2.32. The molecule has 0 aliphatic rings. The average molecular weight is 352 g/mol. The molecule has 0 N–H and O–H groups in total. The van der Waals surface area contributed by atoms with Crippen LogP contribution in [-0.4, -0.2) is 33.0 Å². The van der Waals surface area contributed by atoms with Crippen LogP contribution in [0.2, 0.25) is 0 Å². The smallest absolute Gasteiger partial charge is 0.237 e. The van der Waals surface area contributed by atoms with Crippen LogP contribution in [0.25, 0.3) is 5.69 Å². The molecule has 3 aromatic rings. The number of thioether (sulfide) groups is 1. The van der Waals surface area contributed by atoms with Crippen molar-refractivity contribution in [3.8, 4) is 5.69 Å². The van der Waals surface area contributed by atoms with Gasteiger partial charge in [0.1, 0.15) is 5.82 Å². The van der Waals surface area contributed by atoms with Crippen molar-refractivity contribution in [3.63, 3.8) is 0 Å². The van der Waals surface area contributed by atoms with E-state index in [1.165, 1.54) is 11.8 Å². The minimum Gasteiger partial charge on any atom is -0.312 e. The monoisotopic (exact) mass is 352 g/mol. The molecule has 0 spiro atoms. The van der Waals surface area contributed by atoms with Crippen molar-refractivity contribution in [2.75, 3.05) is 17.2 Å². The minimum absolute atomic E-state index is 0.0546. The van der Waals surface area contributed by atoms with E-state index in [1.54, 1.807) is 4.90 Å². The van der Waals surface area contributed by atoms with E-state index in [1.807, 2.05) is 79.1 Å².